The summed E-state index contributed by atoms with van der Waals surface area (Å²) in [5.74, 6) is 1.30. The van der Waals surface area contributed by atoms with E-state index in [0.717, 1.165) is 19.6 Å². The van der Waals surface area contributed by atoms with E-state index < -0.39 is 0 Å². The lowest BCUT2D eigenvalue weighted by Gasteiger charge is -2.50. The van der Waals surface area contributed by atoms with Crippen molar-refractivity contribution in [3.05, 3.63) is 0 Å². The highest BCUT2D eigenvalue weighted by Crippen LogP contribution is 2.37. The molecule has 4 heteroatoms. The Bertz CT molecular complexity index is 235. The fourth-order valence-corrected chi connectivity index (χ4v) is 4.29. The topological polar surface area (TPSA) is 32.5 Å². The van der Waals surface area contributed by atoms with Gasteiger partial charge in [-0.3, -0.25) is 4.90 Å². The van der Waals surface area contributed by atoms with Crippen LogP contribution in [0.3, 0.4) is 0 Å². The molecule has 0 spiro atoms. The summed E-state index contributed by atoms with van der Waals surface area (Å²) in [6, 6.07) is 0. The van der Waals surface area contributed by atoms with Gasteiger partial charge in [-0.2, -0.15) is 11.8 Å². The molecule has 0 amide bonds. The summed E-state index contributed by atoms with van der Waals surface area (Å²) < 4.78 is 0. The molecule has 0 aliphatic carbocycles. The number of nitrogens with zero attached hydrogens (tertiary/aromatic N) is 2. The van der Waals surface area contributed by atoms with Crippen molar-refractivity contribution in [2.75, 3.05) is 46.0 Å². The molecule has 1 aliphatic heterocycles. The van der Waals surface area contributed by atoms with Crippen LogP contribution in [0, 0.1) is 0 Å². The van der Waals surface area contributed by atoms with Crippen LogP contribution in [0.5, 0.6) is 0 Å². The molecule has 0 aromatic carbocycles. The maximum atomic E-state index is 6.20. The van der Waals surface area contributed by atoms with Crippen molar-refractivity contribution >= 4 is 11.8 Å². The van der Waals surface area contributed by atoms with E-state index in [0.29, 0.717) is 5.25 Å². The molecule has 108 valence electrons. The fourth-order valence-electron chi connectivity index (χ4n) is 2.96. The predicted molar refractivity (Wildman–Crippen MR) is 83.4 cm³/mol. The van der Waals surface area contributed by atoms with Crippen LogP contribution in [-0.2, 0) is 0 Å². The van der Waals surface area contributed by atoms with Crippen molar-refractivity contribution in [2.24, 2.45) is 5.73 Å². The van der Waals surface area contributed by atoms with E-state index in [1.54, 1.807) is 0 Å². The van der Waals surface area contributed by atoms with Crippen molar-refractivity contribution < 1.29 is 0 Å². The number of thioether (sulfide) groups is 1. The summed E-state index contributed by atoms with van der Waals surface area (Å²) in [5, 5.41) is 0.657. The van der Waals surface area contributed by atoms with Gasteiger partial charge >= 0.3 is 0 Å². The minimum Gasteiger partial charge on any atom is -0.329 e. The molecule has 1 heterocycles. The minimum atomic E-state index is 0.231. The van der Waals surface area contributed by atoms with E-state index in [9.17, 15) is 0 Å². The Morgan fingerprint density at radius 2 is 2.00 bits per heavy atom. The Morgan fingerprint density at radius 1 is 1.28 bits per heavy atom. The van der Waals surface area contributed by atoms with Gasteiger partial charge < -0.3 is 10.6 Å². The lowest BCUT2D eigenvalue weighted by Crippen LogP contribution is -2.62. The van der Waals surface area contributed by atoms with Crippen LogP contribution in [0.1, 0.15) is 33.1 Å². The molecule has 18 heavy (non-hydrogen) atoms. The number of rotatable bonds is 7. The molecular formula is C14H31N3S. The maximum absolute atomic E-state index is 6.20. The standard InChI is InChI=1S/C14H31N3S/c1-5-8-17(10-9-16(3)4)14(12-15)7-6-11-18-13(14)2/h13H,5-12,15H2,1-4H3. The summed E-state index contributed by atoms with van der Waals surface area (Å²) >= 11 is 2.10. The Labute approximate surface area is 117 Å². The molecule has 0 bridgehead atoms. The number of nitrogens with two attached hydrogens (primary N) is 1. The molecule has 2 unspecified atom stereocenters. The fraction of sp³-hybridized carbons (Fsp3) is 1.00. The van der Waals surface area contributed by atoms with Gasteiger partial charge in [0.05, 0.1) is 0 Å². The minimum absolute atomic E-state index is 0.231. The second kappa shape index (κ2) is 7.73. The van der Waals surface area contributed by atoms with Crippen LogP contribution < -0.4 is 5.73 Å². The molecule has 1 aliphatic rings. The summed E-state index contributed by atoms with van der Waals surface area (Å²) in [4.78, 5) is 4.94. The first-order chi connectivity index (χ1) is 8.56. The first-order valence-corrected chi connectivity index (χ1v) is 8.33. The first kappa shape index (κ1) is 16.3. The largest absolute Gasteiger partial charge is 0.329 e. The van der Waals surface area contributed by atoms with Crippen LogP contribution in [0.25, 0.3) is 0 Å². The lowest BCUT2D eigenvalue weighted by molar-refractivity contribution is 0.0744. The third-order valence-corrected chi connectivity index (χ3v) is 5.64. The van der Waals surface area contributed by atoms with Gasteiger partial charge in [-0.25, -0.2) is 0 Å². The van der Waals surface area contributed by atoms with E-state index in [4.69, 9.17) is 5.73 Å². The molecule has 1 rings (SSSR count). The van der Waals surface area contributed by atoms with Crippen molar-refractivity contribution in [3.8, 4) is 0 Å². The summed E-state index contributed by atoms with van der Waals surface area (Å²) in [5.41, 5.74) is 6.43. The SMILES string of the molecule is CCCN(CCN(C)C)C1(CN)CCCSC1C. The maximum Gasteiger partial charge on any atom is 0.0448 e. The van der Waals surface area contributed by atoms with Gasteiger partial charge in [0, 0.05) is 30.4 Å². The highest BCUT2D eigenvalue weighted by atomic mass is 32.2. The van der Waals surface area contributed by atoms with Crippen LogP contribution in [-0.4, -0.2) is 66.6 Å². The van der Waals surface area contributed by atoms with Crippen LogP contribution in [0.15, 0.2) is 0 Å². The summed E-state index contributed by atoms with van der Waals surface area (Å²) in [7, 11) is 4.30. The normalized spacial score (nSPS) is 29.2. The van der Waals surface area contributed by atoms with E-state index >= 15 is 0 Å². The van der Waals surface area contributed by atoms with Crippen molar-refractivity contribution in [1.82, 2.24) is 9.80 Å². The van der Waals surface area contributed by atoms with E-state index in [1.165, 1.54) is 31.6 Å². The van der Waals surface area contributed by atoms with E-state index in [-0.39, 0.29) is 5.54 Å². The second-order valence-electron chi connectivity index (χ2n) is 5.71. The Morgan fingerprint density at radius 3 is 2.50 bits per heavy atom. The van der Waals surface area contributed by atoms with Gasteiger partial charge in [0.25, 0.3) is 0 Å². The van der Waals surface area contributed by atoms with Gasteiger partial charge in [0.15, 0.2) is 0 Å². The lowest BCUT2D eigenvalue weighted by atomic mass is 9.87. The number of hydrogen-bond acceptors (Lipinski definition) is 4. The molecule has 0 radical (unpaired) electrons. The molecule has 0 aromatic rings. The average molecular weight is 273 g/mol. The van der Waals surface area contributed by atoms with Crippen LogP contribution in [0.4, 0.5) is 0 Å². The van der Waals surface area contributed by atoms with Crippen LogP contribution in [0.2, 0.25) is 0 Å². The monoisotopic (exact) mass is 273 g/mol. The number of hydrogen-bond donors (Lipinski definition) is 1. The van der Waals surface area contributed by atoms with Gasteiger partial charge in [-0.1, -0.05) is 13.8 Å². The molecule has 1 saturated heterocycles. The van der Waals surface area contributed by atoms with Crippen molar-refractivity contribution in [2.45, 2.75) is 43.9 Å². The van der Waals surface area contributed by atoms with Gasteiger partial charge in [0.1, 0.15) is 0 Å². The Balaban J connectivity index is 2.77. The Hall–Kier alpha value is 0.230. The van der Waals surface area contributed by atoms with Gasteiger partial charge in [-0.05, 0) is 45.7 Å². The first-order valence-electron chi connectivity index (χ1n) is 7.28. The Kier molecular flexibility index (Phi) is 6.99. The highest BCUT2D eigenvalue weighted by Gasteiger charge is 2.42. The number of likely N-dealkylation sites (N-methyl/N-ethyl adjacent to an activating group) is 1. The second-order valence-corrected chi connectivity index (χ2v) is 7.16. The summed E-state index contributed by atoms with van der Waals surface area (Å²) in [6.45, 7) is 8.88. The van der Waals surface area contributed by atoms with Crippen molar-refractivity contribution in [1.29, 1.82) is 0 Å². The smallest absolute Gasteiger partial charge is 0.0448 e. The molecule has 2 N–H and O–H groups in total. The third-order valence-electron chi connectivity index (χ3n) is 4.17. The zero-order chi connectivity index (χ0) is 13.6. The zero-order valence-electron chi connectivity index (χ0n) is 12.6. The quantitative estimate of drug-likeness (QED) is 0.767. The van der Waals surface area contributed by atoms with E-state index in [2.05, 4.69) is 49.5 Å². The van der Waals surface area contributed by atoms with E-state index in [1.807, 2.05) is 0 Å². The molecule has 1 fully saturated rings. The van der Waals surface area contributed by atoms with Gasteiger partial charge in [-0.15, -0.1) is 0 Å². The van der Waals surface area contributed by atoms with Crippen molar-refractivity contribution in [3.63, 3.8) is 0 Å². The molecule has 0 saturated carbocycles. The molecular weight excluding hydrogens is 242 g/mol. The predicted octanol–water partition coefficient (Wildman–Crippen LogP) is 1.87. The molecule has 3 nitrogen and oxygen atoms in total. The highest BCUT2D eigenvalue weighted by molar-refractivity contribution is 8.00. The third kappa shape index (κ3) is 3.86. The summed E-state index contributed by atoms with van der Waals surface area (Å²) in [6.07, 6.45) is 3.80. The van der Waals surface area contributed by atoms with Gasteiger partial charge in [0.2, 0.25) is 0 Å². The molecule has 2 atom stereocenters. The van der Waals surface area contributed by atoms with Crippen LogP contribution >= 0.6 is 11.8 Å². The average Bonchev–Trinajstić information content (AvgIpc) is 2.35. The zero-order valence-corrected chi connectivity index (χ0v) is 13.4. The molecule has 0 aromatic heterocycles.